The Morgan fingerprint density at radius 2 is 1.92 bits per heavy atom. The standard InChI is InChI=1S/C16H21N7O3/c1-6-7(2)22(4)21-9(6)14-19-13(17)10-15(20-14)23(5-18-10)16-12(25)11(24)8(3)26-16/h5,8,11-12,16,24-25H,1-4H3,(H2,17,19,20). The molecule has 3 aromatic rings. The number of aliphatic hydroxyl groups is 2. The van der Waals surface area contributed by atoms with Crippen LogP contribution in [0.4, 0.5) is 5.82 Å². The monoisotopic (exact) mass is 359 g/mol. The summed E-state index contributed by atoms with van der Waals surface area (Å²) < 4.78 is 9.00. The van der Waals surface area contributed by atoms with Gasteiger partial charge in [0.05, 0.1) is 12.4 Å². The van der Waals surface area contributed by atoms with E-state index >= 15 is 0 Å². The molecular formula is C16H21N7O3. The van der Waals surface area contributed by atoms with Gasteiger partial charge >= 0.3 is 0 Å². The van der Waals surface area contributed by atoms with E-state index in [9.17, 15) is 10.2 Å². The van der Waals surface area contributed by atoms with Crippen molar-refractivity contribution in [1.29, 1.82) is 0 Å². The smallest absolute Gasteiger partial charge is 0.184 e. The summed E-state index contributed by atoms with van der Waals surface area (Å²) in [6.07, 6.45) is -1.92. The Morgan fingerprint density at radius 1 is 1.19 bits per heavy atom. The quantitative estimate of drug-likeness (QED) is 0.584. The first-order valence-corrected chi connectivity index (χ1v) is 8.31. The van der Waals surface area contributed by atoms with Crippen molar-refractivity contribution in [3.05, 3.63) is 17.6 Å². The van der Waals surface area contributed by atoms with Gasteiger partial charge in [0.25, 0.3) is 0 Å². The number of anilines is 1. The molecule has 0 aromatic carbocycles. The second-order valence-corrected chi connectivity index (χ2v) is 6.65. The fourth-order valence-electron chi connectivity index (χ4n) is 3.21. The van der Waals surface area contributed by atoms with Crippen LogP contribution in [0, 0.1) is 13.8 Å². The highest BCUT2D eigenvalue weighted by Gasteiger charge is 2.42. The van der Waals surface area contributed by atoms with Crippen LogP contribution >= 0.6 is 0 Å². The molecule has 0 aliphatic carbocycles. The topological polar surface area (TPSA) is 137 Å². The van der Waals surface area contributed by atoms with Gasteiger partial charge in [-0.05, 0) is 20.8 Å². The SMILES string of the molecule is Cc1c(-c2nc(N)c3ncn(C4OC(C)C(O)C4O)c3n2)nn(C)c1C. The van der Waals surface area contributed by atoms with Crippen molar-refractivity contribution in [2.45, 2.75) is 45.3 Å². The fraction of sp³-hybridized carbons (Fsp3) is 0.500. The zero-order chi connectivity index (χ0) is 18.7. The van der Waals surface area contributed by atoms with Crippen LogP contribution in [0.5, 0.6) is 0 Å². The number of imidazole rings is 1. The molecule has 0 radical (unpaired) electrons. The van der Waals surface area contributed by atoms with Crippen LogP contribution in [0.1, 0.15) is 24.4 Å². The molecule has 0 spiro atoms. The van der Waals surface area contributed by atoms with Crippen LogP contribution in [0.15, 0.2) is 6.33 Å². The average Bonchev–Trinajstić information content (AvgIpc) is 3.22. The Morgan fingerprint density at radius 3 is 2.50 bits per heavy atom. The molecule has 4 heterocycles. The first-order valence-electron chi connectivity index (χ1n) is 8.31. The second-order valence-electron chi connectivity index (χ2n) is 6.65. The second kappa shape index (κ2) is 5.73. The first-order chi connectivity index (χ1) is 12.3. The maximum absolute atomic E-state index is 10.3. The fourth-order valence-corrected chi connectivity index (χ4v) is 3.21. The van der Waals surface area contributed by atoms with Crippen molar-refractivity contribution in [1.82, 2.24) is 29.3 Å². The van der Waals surface area contributed by atoms with E-state index < -0.39 is 24.5 Å². The number of hydrogen-bond acceptors (Lipinski definition) is 8. The van der Waals surface area contributed by atoms with E-state index in [1.807, 2.05) is 20.9 Å². The predicted molar refractivity (Wildman–Crippen MR) is 93.0 cm³/mol. The molecule has 1 aliphatic rings. The maximum Gasteiger partial charge on any atom is 0.184 e. The number of nitrogen functional groups attached to an aromatic ring is 1. The van der Waals surface area contributed by atoms with Crippen molar-refractivity contribution < 1.29 is 14.9 Å². The molecule has 0 amide bonds. The van der Waals surface area contributed by atoms with Gasteiger partial charge in [-0.2, -0.15) is 5.10 Å². The van der Waals surface area contributed by atoms with Crippen LogP contribution in [-0.2, 0) is 11.8 Å². The van der Waals surface area contributed by atoms with E-state index in [-0.39, 0.29) is 5.82 Å². The van der Waals surface area contributed by atoms with E-state index in [1.54, 1.807) is 16.2 Å². The van der Waals surface area contributed by atoms with Crippen LogP contribution in [0.25, 0.3) is 22.7 Å². The number of nitrogens with two attached hydrogens (primary N) is 1. The molecule has 4 unspecified atom stereocenters. The predicted octanol–water partition coefficient (Wildman–Crippen LogP) is 0.0649. The lowest BCUT2D eigenvalue weighted by Gasteiger charge is -2.16. The molecule has 3 aromatic heterocycles. The number of fused-ring (bicyclic) bond motifs is 1. The highest BCUT2D eigenvalue weighted by molar-refractivity contribution is 5.83. The average molecular weight is 359 g/mol. The molecular weight excluding hydrogens is 338 g/mol. The highest BCUT2D eigenvalue weighted by Crippen LogP contribution is 2.33. The zero-order valence-electron chi connectivity index (χ0n) is 15.0. The number of ether oxygens (including phenoxy) is 1. The van der Waals surface area contributed by atoms with E-state index in [0.717, 1.165) is 11.3 Å². The van der Waals surface area contributed by atoms with Gasteiger partial charge in [0.15, 0.2) is 23.5 Å². The minimum Gasteiger partial charge on any atom is -0.388 e. The molecule has 10 nitrogen and oxygen atoms in total. The van der Waals surface area contributed by atoms with Gasteiger partial charge in [-0.25, -0.2) is 15.0 Å². The number of hydrogen-bond donors (Lipinski definition) is 3. The normalized spacial score (nSPS) is 26.1. The molecule has 1 aliphatic heterocycles. The van der Waals surface area contributed by atoms with Gasteiger partial charge in [-0.3, -0.25) is 9.25 Å². The highest BCUT2D eigenvalue weighted by atomic mass is 16.6. The summed E-state index contributed by atoms with van der Waals surface area (Å²) >= 11 is 0. The Kier molecular flexibility index (Phi) is 3.72. The zero-order valence-corrected chi connectivity index (χ0v) is 15.0. The van der Waals surface area contributed by atoms with Crippen molar-refractivity contribution in [3.63, 3.8) is 0 Å². The third-order valence-electron chi connectivity index (χ3n) is 5.04. The van der Waals surface area contributed by atoms with Gasteiger partial charge in [0.2, 0.25) is 0 Å². The summed E-state index contributed by atoms with van der Waals surface area (Å²) in [5, 5.41) is 24.7. The molecule has 4 rings (SSSR count). The number of nitrogens with zero attached hydrogens (tertiary/aromatic N) is 6. The molecule has 4 atom stereocenters. The van der Waals surface area contributed by atoms with Gasteiger partial charge in [-0.1, -0.05) is 0 Å². The van der Waals surface area contributed by atoms with E-state index in [1.165, 1.54) is 6.33 Å². The van der Waals surface area contributed by atoms with E-state index in [2.05, 4.69) is 20.1 Å². The molecule has 26 heavy (non-hydrogen) atoms. The number of aliphatic hydroxyl groups excluding tert-OH is 2. The summed E-state index contributed by atoms with van der Waals surface area (Å²) in [5.41, 5.74) is 9.49. The first kappa shape index (κ1) is 16.9. The van der Waals surface area contributed by atoms with Crippen LogP contribution in [-0.4, -0.2) is 57.8 Å². The van der Waals surface area contributed by atoms with Gasteiger partial charge in [0.1, 0.15) is 23.4 Å². The lowest BCUT2D eigenvalue weighted by atomic mass is 10.1. The Bertz CT molecular complexity index is 996. The van der Waals surface area contributed by atoms with Gasteiger partial charge in [0, 0.05) is 18.3 Å². The number of aromatic nitrogens is 6. The summed E-state index contributed by atoms with van der Waals surface area (Å²) in [5.74, 6) is 0.589. The maximum atomic E-state index is 10.3. The molecule has 0 bridgehead atoms. The minimum absolute atomic E-state index is 0.215. The number of rotatable bonds is 2. The van der Waals surface area contributed by atoms with E-state index in [4.69, 9.17) is 10.5 Å². The molecule has 138 valence electrons. The summed E-state index contributed by atoms with van der Waals surface area (Å²) in [6.45, 7) is 5.60. The summed E-state index contributed by atoms with van der Waals surface area (Å²) in [4.78, 5) is 13.2. The van der Waals surface area contributed by atoms with Crippen LogP contribution in [0.2, 0.25) is 0 Å². The van der Waals surface area contributed by atoms with Crippen molar-refractivity contribution >= 4 is 17.0 Å². The van der Waals surface area contributed by atoms with Gasteiger partial charge in [-0.15, -0.1) is 0 Å². The van der Waals surface area contributed by atoms with Crippen molar-refractivity contribution in [2.75, 3.05) is 5.73 Å². The van der Waals surface area contributed by atoms with Gasteiger partial charge < -0.3 is 20.7 Å². The summed E-state index contributed by atoms with van der Waals surface area (Å²) in [7, 11) is 1.85. The summed E-state index contributed by atoms with van der Waals surface area (Å²) in [6, 6.07) is 0. The largest absolute Gasteiger partial charge is 0.388 e. The molecule has 4 N–H and O–H groups in total. The number of aryl methyl sites for hydroxylation is 1. The third-order valence-corrected chi connectivity index (χ3v) is 5.04. The Balaban J connectivity index is 1.88. The minimum atomic E-state index is -1.10. The Hall–Kier alpha value is -2.56. The molecule has 1 saturated heterocycles. The lowest BCUT2D eigenvalue weighted by molar-refractivity contribution is -0.0299. The lowest BCUT2D eigenvalue weighted by Crippen LogP contribution is -2.30. The van der Waals surface area contributed by atoms with Crippen molar-refractivity contribution in [2.24, 2.45) is 7.05 Å². The van der Waals surface area contributed by atoms with Crippen LogP contribution in [0.3, 0.4) is 0 Å². The van der Waals surface area contributed by atoms with E-state index in [0.29, 0.717) is 22.7 Å². The molecule has 10 heteroatoms. The third kappa shape index (κ3) is 2.30. The van der Waals surface area contributed by atoms with Crippen molar-refractivity contribution in [3.8, 4) is 11.5 Å². The molecule has 0 saturated carbocycles. The Labute approximate surface area is 149 Å². The molecule has 1 fully saturated rings. The van der Waals surface area contributed by atoms with Crippen LogP contribution < -0.4 is 5.73 Å².